The number of ether oxygens (including phenoxy) is 1. The molecule has 6 nitrogen and oxygen atoms in total. The first-order chi connectivity index (χ1) is 13.6. The molecule has 0 aromatic heterocycles. The molecule has 3 rings (SSSR count). The first kappa shape index (κ1) is 19.1. The molecule has 3 aromatic carbocycles. The number of amides is 3. The Bertz CT molecular complexity index is 981. The van der Waals surface area contributed by atoms with Crippen LogP contribution in [0.2, 0.25) is 0 Å². The molecular weight excluding hydrogens is 356 g/mol. The summed E-state index contributed by atoms with van der Waals surface area (Å²) in [5.41, 5.74) is 1.73. The molecule has 0 saturated carbocycles. The topological polar surface area (TPSA) is 84.5 Å². The second kappa shape index (κ2) is 9.32. The van der Waals surface area contributed by atoms with E-state index in [0.717, 1.165) is 21.9 Å². The third kappa shape index (κ3) is 5.41. The lowest BCUT2D eigenvalue weighted by atomic mass is 10.0. The largest absolute Gasteiger partial charge is 0.455 e. The quantitative estimate of drug-likeness (QED) is 0.648. The fraction of sp³-hybridized carbons (Fsp3) is 0.136. The van der Waals surface area contributed by atoms with Crippen molar-refractivity contribution in [1.82, 2.24) is 10.6 Å². The van der Waals surface area contributed by atoms with Crippen molar-refractivity contribution >= 4 is 28.7 Å². The van der Waals surface area contributed by atoms with Crippen LogP contribution in [0.4, 0.5) is 4.79 Å². The summed E-state index contributed by atoms with van der Waals surface area (Å²) >= 11 is 0. The molecule has 0 bridgehead atoms. The molecule has 0 aliphatic heterocycles. The normalized spacial score (nSPS) is 10.3. The SMILES string of the molecule is O=C(COC(=O)Cc1cccc2ccccc12)NC(=O)NCc1ccccc1. The predicted molar refractivity (Wildman–Crippen MR) is 105 cm³/mol. The molecular formula is C22H20N2O4. The van der Waals surface area contributed by atoms with Gasteiger partial charge in [0.1, 0.15) is 0 Å². The van der Waals surface area contributed by atoms with Gasteiger partial charge in [-0.1, -0.05) is 72.8 Å². The maximum Gasteiger partial charge on any atom is 0.321 e. The number of nitrogens with one attached hydrogen (secondary N) is 2. The van der Waals surface area contributed by atoms with Gasteiger partial charge in [0.2, 0.25) is 0 Å². The van der Waals surface area contributed by atoms with Crippen molar-refractivity contribution < 1.29 is 19.1 Å². The second-order valence-corrected chi connectivity index (χ2v) is 6.19. The van der Waals surface area contributed by atoms with Gasteiger partial charge in [-0.15, -0.1) is 0 Å². The maximum atomic E-state index is 12.1. The van der Waals surface area contributed by atoms with Crippen LogP contribution in [0, 0.1) is 0 Å². The van der Waals surface area contributed by atoms with E-state index >= 15 is 0 Å². The van der Waals surface area contributed by atoms with Crippen LogP contribution in [0.1, 0.15) is 11.1 Å². The van der Waals surface area contributed by atoms with Crippen molar-refractivity contribution in [2.24, 2.45) is 0 Å². The summed E-state index contributed by atoms with van der Waals surface area (Å²) in [6, 6.07) is 22.1. The summed E-state index contributed by atoms with van der Waals surface area (Å²) in [6.45, 7) is -0.219. The van der Waals surface area contributed by atoms with Gasteiger partial charge in [-0.05, 0) is 21.9 Å². The van der Waals surface area contributed by atoms with Gasteiger partial charge in [0.15, 0.2) is 6.61 Å². The minimum absolute atomic E-state index is 0.0504. The molecule has 0 saturated heterocycles. The van der Waals surface area contributed by atoms with Gasteiger partial charge in [0.05, 0.1) is 6.42 Å². The average molecular weight is 376 g/mol. The Morgan fingerprint density at radius 2 is 1.54 bits per heavy atom. The van der Waals surface area contributed by atoms with Crippen molar-refractivity contribution in [3.63, 3.8) is 0 Å². The third-order valence-electron chi connectivity index (χ3n) is 4.13. The van der Waals surface area contributed by atoms with E-state index in [-0.39, 0.29) is 6.42 Å². The van der Waals surface area contributed by atoms with Crippen molar-refractivity contribution in [2.75, 3.05) is 6.61 Å². The fourth-order valence-electron chi connectivity index (χ4n) is 2.78. The summed E-state index contributed by atoms with van der Waals surface area (Å²) in [5.74, 6) is -1.21. The van der Waals surface area contributed by atoms with Gasteiger partial charge in [-0.3, -0.25) is 14.9 Å². The van der Waals surface area contributed by atoms with Crippen LogP contribution in [-0.4, -0.2) is 24.5 Å². The lowest BCUT2D eigenvalue weighted by Gasteiger charge is -2.09. The fourth-order valence-corrected chi connectivity index (χ4v) is 2.78. The van der Waals surface area contributed by atoms with Gasteiger partial charge in [-0.2, -0.15) is 0 Å². The standard InChI is InChI=1S/C22H20N2O4/c25-20(24-22(27)23-14-16-7-2-1-3-8-16)15-28-21(26)13-18-11-6-10-17-9-4-5-12-19(17)18/h1-12H,13-15H2,(H2,23,24,25,27). The van der Waals surface area contributed by atoms with E-state index in [1.807, 2.05) is 72.8 Å². The summed E-state index contributed by atoms with van der Waals surface area (Å²) in [7, 11) is 0. The summed E-state index contributed by atoms with van der Waals surface area (Å²) in [5, 5.41) is 6.69. The molecule has 0 heterocycles. The number of esters is 1. The van der Waals surface area contributed by atoms with Crippen molar-refractivity contribution in [2.45, 2.75) is 13.0 Å². The molecule has 0 atom stereocenters. The van der Waals surface area contributed by atoms with Gasteiger partial charge < -0.3 is 10.1 Å². The molecule has 28 heavy (non-hydrogen) atoms. The zero-order valence-electron chi connectivity index (χ0n) is 15.2. The van der Waals surface area contributed by atoms with Crippen LogP contribution in [-0.2, 0) is 27.3 Å². The molecule has 6 heteroatoms. The molecule has 3 aromatic rings. The monoisotopic (exact) mass is 376 g/mol. The molecule has 0 aliphatic rings. The van der Waals surface area contributed by atoms with E-state index in [4.69, 9.17) is 4.74 Å². The Labute approximate surface area is 162 Å². The lowest BCUT2D eigenvalue weighted by molar-refractivity contribution is -0.147. The number of hydrogen-bond acceptors (Lipinski definition) is 4. The minimum Gasteiger partial charge on any atom is -0.455 e. The van der Waals surface area contributed by atoms with Gasteiger partial charge in [0.25, 0.3) is 5.91 Å². The molecule has 2 N–H and O–H groups in total. The highest BCUT2D eigenvalue weighted by Gasteiger charge is 2.12. The number of carbonyl (C=O) groups is 3. The van der Waals surface area contributed by atoms with Crippen LogP contribution >= 0.6 is 0 Å². The highest BCUT2D eigenvalue weighted by atomic mass is 16.5. The van der Waals surface area contributed by atoms with Crippen molar-refractivity contribution in [3.05, 3.63) is 83.9 Å². The zero-order valence-corrected chi connectivity index (χ0v) is 15.2. The van der Waals surface area contributed by atoms with Crippen LogP contribution in [0.3, 0.4) is 0 Å². The van der Waals surface area contributed by atoms with Crippen LogP contribution in [0.5, 0.6) is 0 Å². The van der Waals surface area contributed by atoms with Crippen molar-refractivity contribution in [3.8, 4) is 0 Å². The molecule has 0 radical (unpaired) electrons. The second-order valence-electron chi connectivity index (χ2n) is 6.19. The summed E-state index contributed by atoms with van der Waals surface area (Å²) in [4.78, 5) is 35.6. The number of rotatable bonds is 6. The summed E-state index contributed by atoms with van der Waals surface area (Å²) < 4.78 is 4.99. The minimum atomic E-state index is -0.683. The van der Waals surface area contributed by atoms with Crippen LogP contribution in [0.25, 0.3) is 10.8 Å². The number of imide groups is 1. The smallest absolute Gasteiger partial charge is 0.321 e. The number of hydrogen-bond donors (Lipinski definition) is 2. The molecule has 142 valence electrons. The van der Waals surface area contributed by atoms with Gasteiger partial charge >= 0.3 is 12.0 Å². The number of fused-ring (bicyclic) bond motifs is 1. The molecule has 0 aliphatic carbocycles. The van der Waals surface area contributed by atoms with E-state index in [9.17, 15) is 14.4 Å². The predicted octanol–water partition coefficient (Wildman–Crippen LogP) is 2.95. The first-order valence-corrected chi connectivity index (χ1v) is 8.85. The first-order valence-electron chi connectivity index (χ1n) is 8.85. The van der Waals surface area contributed by atoms with E-state index in [2.05, 4.69) is 10.6 Å². The Hall–Kier alpha value is -3.67. The number of urea groups is 1. The molecule has 3 amide bonds. The Morgan fingerprint density at radius 1 is 0.821 bits per heavy atom. The number of carbonyl (C=O) groups excluding carboxylic acids is 3. The van der Waals surface area contributed by atoms with Gasteiger partial charge in [-0.25, -0.2) is 4.79 Å². The Morgan fingerprint density at radius 3 is 2.36 bits per heavy atom. The van der Waals surface area contributed by atoms with Crippen LogP contribution < -0.4 is 10.6 Å². The molecule has 0 unspecified atom stereocenters. The van der Waals surface area contributed by atoms with E-state index in [1.165, 1.54) is 0 Å². The summed E-state index contributed by atoms with van der Waals surface area (Å²) in [6.07, 6.45) is 0.0504. The highest BCUT2D eigenvalue weighted by Crippen LogP contribution is 2.19. The maximum absolute atomic E-state index is 12.1. The van der Waals surface area contributed by atoms with E-state index in [0.29, 0.717) is 6.54 Å². The lowest BCUT2D eigenvalue weighted by Crippen LogP contribution is -2.41. The van der Waals surface area contributed by atoms with E-state index < -0.39 is 24.5 Å². The number of benzene rings is 3. The zero-order chi connectivity index (χ0) is 19.8. The van der Waals surface area contributed by atoms with E-state index in [1.54, 1.807) is 0 Å². The van der Waals surface area contributed by atoms with Crippen LogP contribution in [0.15, 0.2) is 72.8 Å². The van der Waals surface area contributed by atoms with Gasteiger partial charge in [0, 0.05) is 6.54 Å². The Kier molecular flexibility index (Phi) is 6.36. The highest BCUT2D eigenvalue weighted by molar-refractivity contribution is 5.96. The molecule has 0 spiro atoms. The Balaban J connectivity index is 1.43. The van der Waals surface area contributed by atoms with Crippen molar-refractivity contribution in [1.29, 1.82) is 0 Å². The molecule has 0 fully saturated rings. The average Bonchev–Trinajstić information content (AvgIpc) is 2.72. The third-order valence-corrected chi connectivity index (χ3v) is 4.13.